The molecule has 0 unspecified atom stereocenters. The van der Waals surface area contributed by atoms with E-state index in [1.807, 2.05) is 0 Å². The minimum atomic E-state index is -5.01. The van der Waals surface area contributed by atoms with Gasteiger partial charge in [-0.3, -0.25) is 4.79 Å². The van der Waals surface area contributed by atoms with Crippen LogP contribution in [0.4, 0.5) is 26.3 Å². The number of alkyl halides is 5. The van der Waals surface area contributed by atoms with Crippen LogP contribution >= 0.6 is 0 Å². The Kier molecular flexibility index (Phi) is 5.31. The summed E-state index contributed by atoms with van der Waals surface area (Å²) in [5, 5.41) is 8.53. The topological polar surface area (TPSA) is 85.8 Å². The Labute approximate surface area is 158 Å². The van der Waals surface area contributed by atoms with Gasteiger partial charge in [0.25, 0.3) is 5.91 Å². The van der Waals surface area contributed by atoms with E-state index < -0.39 is 41.9 Å². The van der Waals surface area contributed by atoms with E-state index in [-0.39, 0.29) is 28.0 Å². The van der Waals surface area contributed by atoms with Gasteiger partial charge in [0.2, 0.25) is 11.7 Å². The van der Waals surface area contributed by atoms with Crippen molar-refractivity contribution in [1.82, 2.24) is 25.2 Å². The Bertz CT molecular complexity index is 1030. The first kappa shape index (κ1) is 20.4. The molecule has 0 aliphatic rings. The molecule has 1 atom stereocenters. The summed E-state index contributed by atoms with van der Waals surface area (Å²) < 4.78 is 81.9. The van der Waals surface area contributed by atoms with Crippen LogP contribution in [0.15, 0.2) is 34.9 Å². The normalized spacial score (nSPS) is 13.0. The molecule has 0 radical (unpaired) electrons. The second-order valence-corrected chi connectivity index (χ2v) is 5.80. The van der Waals surface area contributed by atoms with Gasteiger partial charge in [0.15, 0.2) is 5.69 Å². The number of hydrogen-bond donors (Lipinski definition) is 1. The number of hydrogen-bond acceptors (Lipinski definition) is 5. The molecule has 7 nitrogen and oxygen atoms in total. The van der Waals surface area contributed by atoms with Gasteiger partial charge in [0.05, 0.1) is 0 Å². The van der Waals surface area contributed by atoms with Gasteiger partial charge in [-0.15, -0.1) is 0 Å². The molecule has 1 aromatic carbocycles. The number of carbonyl (C=O) groups excluding carboxylic acids is 1. The van der Waals surface area contributed by atoms with Gasteiger partial charge in [0.1, 0.15) is 17.6 Å². The standard InChI is InChI=1S/C16H11F6N5O2/c1-7(14-24-12(26-29-14)8-3-2-4-9(17)5-8)23-13(28)10-6-11(16(20,21)22)25-27(10)15(18)19/h2-7,15H,1H3,(H,23,28)/t7-/m0/s1. The number of benzene rings is 1. The molecule has 0 aliphatic carbocycles. The summed E-state index contributed by atoms with van der Waals surface area (Å²) in [6.45, 7) is -2.13. The van der Waals surface area contributed by atoms with Crippen molar-refractivity contribution in [2.45, 2.75) is 25.7 Å². The number of aromatic nitrogens is 4. The molecule has 3 rings (SSSR count). The van der Waals surface area contributed by atoms with E-state index in [0.717, 1.165) is 6.07 Å². The van der Waals surface area contributed by atoms with Gasteiger partial charge in [-0.25, -0.2) is 4.39 Å². The van der Waals surface area contributed by atoms with E-state index in [2.05, 4.69) is 20.6 Å². The first-order valence-corrected chi connectivity index (χ1v) is 7.91. The fraction of sp³-hybridized carbons (Fsp3) is 0.250. The van der Waals surface area contributed by atoms with Crippen molar-refractivity contribution in [3.8, 4) is 11.4 Å². The Balaban J connectivity index is 1.80. The zero-order valence-electron chi connectivity index (χ0n) is 14.4. The van der Waals surface area contributed by atoms with Gasteiger partial charge in [-0.1, -0.05) is 17.3 Å². The van der Waals surface area contributed by atoms with E-state index in [1.54, 1.807) is 0 Å². The van der Waals surface area contributed by atoms with E-state index in [1.165, 1.54) is 25.1 Å². The third kappa shape index (κ3) is 4.38. The van der Waals surface area contributed by atoms with Crippen LogP contribution in [-0.2, 0) is 6.18 Å². The molecule has 0 spiro atoms. The summed E-state index contributed by atoms with van der Waals surface area (Å²) in [5.74, 6) is -1.98. The predicted octanol–water partition coefficient (Wildman–Crippen LogP) is 3.98. The molecule has 1 N–H and O–H groups in total. The van der Waals surface area contributed by atoms with Crippen molar-refractivity contribution in [3.05, 3.63) is 53.4 Å². The summed E-state index contributed by atoms with van der Waals surface area (Å²) >= 11 is 0. The van der Waals surface area contributed by atoms with Crippen LogP contribution in [0, 0.1) is 5.82 Å². The molecule has 0 saturated carbocycles. The van der Waals surface area contributed by atoms with Gasteiger partial charge in [0, 0.05) is 11.6 Å². The van der Waals surface area contributed by atoms with Gasteiger partial charge in [-0.05, 0) is 19.1 Å². The summed E-state index contributed by atoms with van der Waals surface area (Å²) in [4.78, 5) is 16.2. The molecule has 0 aliphatic heterocycles. The molecule has 1 amide bonds. The van der Waals surface area contributed by atoms with E-state index in [9.17, 15) is 31.1 Å². The average Bonchev–Trinajstić information content (AvgIpc) is 3.29. The third-order valence-electron chi connectivity index (χ3n) is 3.69. The molecule has 0 bridgehead atoms. The molecular weight excluding hydrogens is 408 g/mol. The van der Waals surface area contributed by atoms with Crippen LogP contribution in [0.3, 0.4) is 0 Å². The van der Waals surface area contributed by atoms with Crippen molar-refractivity contribution >= 4 is 5.91 Å². The van der Waals surface area contributed by atoms with Crippen LogP contribution in [0.5, 0.6) is 0 Å². The minimum absolute atomic E-state index is 0.00224. The Hall–Kier alpha value is -3.38. The van der Waals surface area contributed by atoms with Crippen LogP contribution in [0.2, 0.25) is 0 Å². The number of nitrogens with zero attached hydrogens (tertiary/aromatic N) is 4. The van der Waals surface area contributed by atoms with E-state index >= 15 is 0 Å². The summed E-state index contributed by atoms with van der Waals surface area (Å²) in [5.41, 5.74) is -2.35. The molecule has 3 aromatic rings. The quantitative estimate of drug-likeness (QED) is 0.633. The maximum atomic E-state index is 13.3. The molecular formula is C16H11F6N5O2. The largest absolute Gasteiger partial charge is 0.435 e. The monoisotopic (exact) mass is 419 g/mol. The molecule has 0 fully saturated rings. The molecule has 0 saturated heterocycles. The minimum Gasteiger partial charge on any atom is -0.339 e. The number of amides is 1. The third-order valence-corrected chi connectivity index (χ3v) is 3.69. The lowest BCUT2D eigenvalue weighted by Crippen LogP contribution is -2.29. The molecule has 2 aromatic heterocycles. The zero-order chi connectivity index (χ0) is 21.3. The predicted molar refractivity (Wildman–Crippen MR) is 84.1 cm³/mol. The maximum Gasteiger partial charge on any atom is 0.435 e. The fourth-order valence-electron chi connectivity index (χ4n) is 2.34. The lowest BCUT2D eigenvalue weighted by Gasteiger charge is -2.10. The lowest BCUT2D eigenvalue weighted by molar-refractivity contribution is -0.142. The average molecular weight is 419 g/mol. The van der Waals surface area contributed by atoms with Crippen LogP contribution in [-0.4, -0.2) is 25.8 Å². The summed E-state index contributed by atoms with van der Waals surface area (Å²) in [7, 11) is 0. The van der Waals surface area contributed by atoms with E-state index in [4.69, 9.17) is 4.52 Å². The number of rotatable bonds is 5. The Morgan fingerprint density at radius 1 is 1.24 bits per heavy atom. The Morgan fingerprint density at radius 2 is 1.97 bits per heavy atom. The highest BCUT2D eigenvalue weighted by Gasteiger charge is 2.37. The van der Waals surface area contributed by atoms with Crippen LogP contribution in [0.25, 0.3) is 11.4 Å². The molecule has 13 heteroatoms. The highest BCUT2D eigenvalue weighted by atomic mass is 19.4. The highest BCUT2D eigenvalue weighted by Crippen LogP contribution is 2.30. The van der Waals surface area contributed by atoms with Crippen LogP contribution < -0.4 is 5.32 Å². The molecule has 2 heterocycles. The molecule has 154 valence electrons. The fourth-order valence-corrected chi connectivity index (χ4v) is 2.34. The lowest BCUT2D eigenvalue weighted by atomic mass is 10.2. The van der Waals surface area contributed by atoms with Gasteiger partial charge < -0.3 is 9.84 Å². The van der Waals surface area contributed by atoms with Crippen molar-refractivity contribution in [1.29, 1.82) is 0 Å². The molecule has 29 heavy (non-hydrogen) atoms. The van der Waals surface area contributed by atoms with Crippen molar-refractivity contribution in [2.75, 3.05) is 0 Å². The summed E-state index contributed by atoms with van der Waals surface area (Å²) in [6.07, 6.45) is -5.01. The SMILES string of the molecule is C[C@H](NC(=O)c1cc(C(F)(F)F)nn1C(F)F)c1nc(-c2cccc(F)c2)no1. The number of carbonyl (C=O) groups is 1. The van der Waals surface area contributed by atoms with E-state index in [0.29, 0.717) is 0 Å². The number of nitrogens with one attached hydrogen (secondary N) is 1. The number of halogens is 6. The second-order valence-electron chi connectivity index (χ2n) is 5.80. The highest BCUT2D eigenvalue weighted by molar-refractivity contribution is 5.93. The van der Waals surface area contributed by atoms with Gasteiger partial charge >= 0.3 is 12.7 Å². The first-order valence-electron chi connectivity index (χ1n) is 7.91. The maximum absolute atomic E-state index is 13.3. The van der Waals surface area contributed by atoms with Gasteiger partial charge in [-0.2, -0.15) is 36.7 Å². The van der Waals surface area contributed by atoms with Crippen molar-refractivity contribution in [2.24, 2.45) is 0 Å². The van der Waals surface area contributed by atoms with Crippen molar-refractivity contribution in [3.63, 3.8) is 0 Å². The van der Waals surface area contributed by atoms with Crippen LogP contribution in [0.1, 0.15) is 41.6 Å². The first-order chi connectivity index (χ1) is 13.6. The van der Waals surface area contributed by atoms with Crippen molar-refractivity contribution < 1.29 is 35.7 Å². The second kappa shape index (κ2) is 7.56. The summed E-state index contributed by atoms with van der Waals surface area (Å²) in [6, 6.07) is 4.41. The Morgan fingerprint density at radius 3 is 2.59 bits per heavy atom. The zero-order valence-corrected chi connectivity index (χ0v) is 14.4. The smallest absolute Gasteiger partial charge is 0.339 e.